The zero-order chi connectivity index (χ0) is 11.8. The number of hydrogen-bond acceptors (Lipinski definition) is 2. The van der Waals surface area contributed by atoms with Gasteiger partial charge in [-0.05, 0) is 31.7 Å². The molecule has 0 atom stereocenters. The first-order chi connectivity index (χ1) is 7.54. The first-order valence-corrected chi connectivity index (χ1v) is 5.35. The molecule has 0 amide bonds. The number of benzene rings is 1. The molecule has 1 saturated carbocycles. The van der Waals surface area contributed by atoms with Gasteiger partial charge in [-0.25, -0.2) is 8.78 Å². The quantitative estimate of drug-likeness (QED) is 0.857. The van der Waals surface area contributed by atoms with Crippen LogP contribution in [0, 0.1) is 11.6 Å². The predicted octanol–water partition coefficient (Wildman–Crippen LogP) is 2.40. The van der Waals surface area contributed by atoms with Crippen LogP contribution in [-0.4, -0.2) is 12.6 Å². The molecule has 0 spiro atoms. The van der Waals surface area contributed by atoms with Gasteiger partial charge in [0.15, 0.2) is 11.6 Å². The maximum Gasteiger partial charge on any atom is 0.168 e. The molecular formula is C12H15F2NO. The van der Waals surface area contributed by atoms with E-state index < -0.39 is 11.6 Å². The van der Waals surface area contributed by atoms with Gasteiger partial charge in [-0.3, -0.25) is 0 Å². The minimum Gasteiger partial charge on any atom is -0.493 e. The van der Waals surface area contributed by atoms with Crippen LogP contribution in [0.1, 0.15) is 24.8 Å². The summed E-state index contributed by atoms with van der Waals surface area (Å²) in [6, 6.07) is 2.14. The van der Waals surface area contributed by atoms with Crippen LogP contribution in [0.2, 0.25) is 0 Å². The van der Waals surface area contributed by atoms with Crippen LogP contribution < -0.4 is 10.5 Å². The summed E-state index contributed by atoms with van der Waals surface area (Å²) >= 11 is 0. The van der Waals surface area contributed by atoms with Crippen molar-refractivity contribution in [1.82, 2.24) is 0 Å². The van der Waals surface area contributed by atoms with Gasteiger partial charge in [-0.1, -0.05) is 0 Å². The van der Waals surface area contributed by atoms with Gasteiger partial charge < -0.3 is 10.5 Å². The van der Waals surface area contributed by atoms with E-state index in [1.54, 1.807) is 0 Å². The molecule has 0 saturated heterocycles. The molecule has 0 radical (unpaired) electrons. The van der Waals surface area contributed by atoms with Crippen LogP contribution in [0.25, 0.3) is 0 Å². The molecule has 2 nitrogen and oxygen atoms in total. The Hall–Kier alpha value is -1.16. The fourth-order valence-electron chi connectivity index (χ4n) is 1.82. The topological polar surface area (TPSA) is 35.2 Å². The molecule has 0 aliphatic heterocycles. The minimum absolute atomic E-state index is 0.117. The van der Waals surface area contributed by atoms with Crippen LogP contribution in [0.5, 0.6) is 5.75 Å². The second-order valence-corrected chi connectivity index (χ2v) is 4.44. The van der Waals surface area contributed by atoms with Crippen LogP contribution in [0.4, 0.5) is 8.78 Å². The van der Waals surface area contributed by atoms with E-state index in [9.17, 15) is 8.78 Å². The number of hydrogen-bond donors (Lipinski definition) is 1. The number of methoxy groups -OCH3 is 1. The molecule has 4 heteroatoms. The summed E-state index contributed by atoms with van der Waals surface area (Å²) in [6.07, 6.45) is 3.28. The van der Waals surface area contributed by atoms with E-state index in [-0.39, 0.29) is 11.3 Å². The zero-order valence-corrected chi connectivity index (χ0v) is 9.22. The summed E-state index contributed by atoms with van der Waals surface area (Å²) < 4.78 is 31.3. The largest absolute Gasteiger partial charge is 0.493 e. The Labute approximate surface area is 93.4 Å². The SMILES string of the molecule is COc1c(F)cc(F)cc1CCC1(N)CC1. The highest BCUT2D eigenvalue weighted by atomic mass is 19.1. The van der Waals surface area contributed by atoms with Gasteiger partial charge in [0, 0.05) is 17.2 Å². The van der Waals surface area contributed by atoms with Gasteiger partial charge >= 0.3 is 0 Å². The smallest absolute Gasteiger partial charge is 0.168 e. The third-order valence-electron chi connectivity index (χ3n) is 3.07. The number of ether oxygens (including phenoxy) is 1. The highest BCUT2D eigenvalue weighted by Gasteiger charge is 2.37. The molecule has 1 aromatic carbocycles. The lowest BCUT2D eigenvalue weighted by Crippen LogP contribution is -2.22. The zero-order valence-electron chi connectivity index (χ0n) is 9.22. The first kappa shape index (κ1) is 11.3. The van der Waals surface area contributed by atoms with Gasteiger partial charge in [0.1, 0.15) is 5.82 Å². The highest BCUT2D eigenvalue weighted by molar-refractivity contribution is 5.36. The summed E-state index contributed by atoms with van der Waals surface area (Å²) in [7, 11) is 1.38. The second-order valence-electron chi connectivity index (χ2n) is 4.44. The molecule has 2 N–H and O–H groups in total. The van der Waals surface area contributed by atoms with Gasteiger partial charge in [-0.15, -0.1) is 0 Å². The molecule has 1 aliphatic carbocycles. The van der Waals surface area contributed by atoms with E-state index in [2.05, 4.69) is 0 Å². The maximum absolute atomic E-state index is 13.4. The number of nitrogens with two attached hydrogens (primary N) is 1. The molecule has 0 heterocycles. The van der Waals surface area contributed by atoms with Gasteiger partial charge in [0.2, 0.25) is 0 Å². The van der Waals surface area contributed by atoms with Crippen molar-refractivity contribution in [1.29, 1.82) is 0 Å². The third kappa shape index (κ3) is 2.32. The third-order valence-corrected chi connectivity index (χ3v) is 3.07. The van der Waals surface area contributed by atoms with E-state index in [4.69, 9.17) is 10.5 Å². The predicted molar refractivity (Wildman–Crippen MR) is 57.4 cm³/mol. The summed E-state index contributed by atoms with van der Waals surface area (Å²) in [5.74, 6) is -1.10. The lowest BCUT2D eigenvalue weighted by atomic mass is 10.0. The Bertz CT molecular complexity index is 402. The monoisotopic (exact) mass is 227 g/mol. The van der Waals surface area contributed by atoms with Crippen molar-refractivity contribution in [2.75, 3.05) is 7.11 Å². The molecule has 16 heavy (non-hydrogen) atoms. The van der Waals surface area contributed by atoms with Crippen molar-refractivity contribution in [2.24, 2.45) is 5.73 Å². The summed E-state index contributed by atoms with van der Waals surface area (Å²) in [5, 5.41) is 0. The van der Waals surface area contributed by atoms with E-state index >= 15 is 0 Å². The molecule has 1 fully saturated rings. The molecule has 0 bridgehead atoms. The minimum atomic E-state index is -0.653. The average molecular weight is 227 g/mol. The standard InChI is InChI=1S/C12H15F2NO/c1-16-11-8(2-3-12(15)4-5-12)6-9(13)7-10(11)14/h6-7H,2-5,15H2,1H3. The van der Waals surface area contributed by atoms with Gasteiger partial charge in [0.25, 0.3) is 0 Å². The molecule has 88 valence electrons. The van der Waals surface area contributed by atoms with Crippen LogP contribution >= 0.6 is 0 Å². The van der Waals surface area contributed by atoms with Crippen LogP contribution in [0.15, 0.2) is 12.1 Å². The van der Waals surface area contributed by atoms with Crippen molar-refractivity contribution >= 4 is 0 Å². The van der Waals surface area contributed by atoms with E-state index in [1.807, 2.05) is 0 Å². The van der Waals surface area contributed by atoms with Crippen molar-refractivity contribution in [3.05, 3.63) is 29.3 Å². The lowest BCUT2D eigenvalue weighted by Gasteiger charge is -2.12. The second kappa shape index (κ2) is 4.01. The summed E-state index contributed by atoms with van der Waals surface area (Å²) in [6.45, 7) is 0. The Morgan fingerprint density at radius 2 is 2.06 bits per heavy atom. The van der Waals surface area contributed by atoms with Gasteiger partial charge in [-0.2, -0.15) is 0 Å². The van der Waals surface area contributed by atoms with Crippen LogP contribution in [0.3, 0.4) is 0 Å². The molecular weight excluding hydrogens is 212 g/mol. The van der Waals surface area contributed by atoms with Crippen molar-refractivity contribution in [3.8, 4) is 5.75 Å². The maximum atomic E-state index is 13.4. The molecule has 1 aromatic rings. The van der Waals surface area contributed by atoms with E-state index in [0.29, 0.717) is 12.0 Å². The fourth-order valence-corrected chi connectivity index (χ4v) is 1.82. The van der Waals surface area contributed by atoms with Crippen molar-refractivity contribution in [2.45, 2.75) is 31.2 Å². The Morgan fingerprint density at radius 3 is 2.62 bits per heavy atom. The molecule has 2 rings (SSSR count). The van der Waals surface area contributed by atoms with Crippen molar-refractivity contribution < 1.29 is 13.5 Å². The lowest BCUT2D eigenvalue weighted by molar-refractivity contribution is 0.377. The fraction of sp³-hybridized carbons (Fsp3) is 0.500. The first-order valence-electron chi connectivity index (χ1n) is 5.35. The normalized spacial score (nSPS) is 17.2. The highest BCUT2D eigenvalue weighted by Crippen LogP contribution is 2.37. The molecule has 1 aliphatic rings. The Kier molecular flexibility index (Phi) is 2.84. The van der Waals surface area contributed by atoms with Crippen molar-refractivity contribution in [3.63, 3.8) is 0 Å². The average Bonchev–Trinajstić information content (AvgIpc) is 2.94. The Balaban J connectivity index is 2.17. The molecule has 0 aromatic heterocycles. The summed E-state index contributed by atoms with van der Waals surface area (Å²) in [4.78, 5) is 0. The number of rotatable bonds is 4. The number of halogens is 2. The summed E-state index contributed by atoms with van der Waals surface area (Å²) in [5.41, 5.74) is 6.37. The van der Waals surface area contributed by atoms with Crippen LogP contribution in [-0.2, 0) is 6.42 Å². The van der Waals surface area contributed by atoms with E-state index in [1.165, 1.54) is 13.2 Å². The van der Waals surface area contributed by atoms with E-state index in [0.717, 1.165) is 25.3 Å². The van der Waals surface area contributed by atoms with Gasteiger partial charge in [0.05, 0.1) is 7.11 Å². The number of aryl methyl sites for hydroxylation is 1. The molecule has 0 unspecified atom stereocenters. The Morgan fingerprint density at radius 1 is 1.38 bits per heavy atom.